The van der Waals surface area contributed by atoms with E-state index in [4.69, 9.17) is 9.40 Å². The zero-order chi connectivity index (χ0) is 16.5. The highest BCUT2D eigenvalue weighted by Crippen LogP contribution is 2.49. The Kier molecular flexibility index (Phi) is 3.65. The second kappa shape index (κ2) is 5.96. The van der Waals surface area contributed by atoms with Crippen LogP contribution in [0.3, 0.4) is 0 Å². The van der Waals surface area contributed by atoms with Gasteiger partial charge in [-0.3, -0.25) is 4.79 Å². The minimum atomic E-state index is -0.0269. The average Bonchev–Trinajstić information content (AvgIpc) is 3.33. The number of carbonyl (C=O) groups is 1. The molecule has 1 amide bonds. The normalized spacial score (nSPS) is 19.0. The first-order valence-electron chi connectivity index (χ1n) is 8.11. The number of hydrogen-bond acceptors (Lipinski definition) is 3. The summed E-state index contributed by atoms with van der Waals surface area (Å²) in [6.07, 6.45) is 0.794. The van der Waals surface area contributed by atoms with Gasteiger partial charge in [0.25, 0.3) is 0 Å². The van der Waals surface area contributed by atoms with E-state index in [2.05, 4.69) is 5.32 Å². The molecule has 1 aromatic heterocycles. The number of aromatic nitrogens is 1. The summed E-state index contributed by atoms with van der Waals surface area (Å²) in [5.74, 6) is 1.52. The lowest BCUT2D eigenvalue weighted by Gasteiger charge is -2.00. The van der Waals surface area contributed by atoms with E-state index in [0.717, 1.165) is 29.0 Å². The van der Waals surface area contributed by atoms with Gasteiger partial charge in [0.2, 0.25) is 5.91 Å². The SMILES string of the molecule is CNC(=O)[C@H]1C[C@H]1c1nc(-c2ccccc2)c(-c2ccccc2)o1. The van der Waals surface area contributed by atoms with Gasteiger partial charge < -0.3 is 9.73 Å². The summed E-state index contributed by atoms with van der Waals surface area (Å²) >= 11 is 0. The lowest BCUT2D eigenvalue weighted by atomic mass is 10.1. The van der Waals surface area contributed by atoms with E-state index in [9.17, 15) is 4.79 Å². The molecule has 0 unspecified atom stereocenters. The Morgan fingerprint density at radius 2 is 1.67 bits per heavy atom. The molecule has 2 atom stereocenters. The molecule has 1 N–H and O–H groups in total. The van der Waals surface area contributed by atoms with E-state index < -0.39 is 0 Å². The maximum absolute atomic E-state index is 11.8. The number of nitrogens with one attached hydrogen (secondary N) is 1. The summed E-state index contributed by atoms with van der Waals surface area (Å²) in [7, 11) is 1.66. The van der Waals surface area contributed by atoms with Crippen molar-refractivity contribution in [2.45, 2.75) is 12.3 Å². The molecule has 4 rings (SSSR count). The smallest absolute Gasteiger partial charge is 0.223 e. The highest BCUT2D eigenvalue weighted by Gasteiger charge is 2.47. The minimum absolute atomic E-state index is 0.0269. The molecule has 3 aromatic rings. The van der Waals surface area contributed by atoms with Crippen molar-refractivity contribution < 1.29 is 9.21 Å². The van der Waals surface area contributed by atoms with Crippen LogP contribution in [0.5, 0.6) is 0 Å². The van der Waals surface area contributed by atoms with Gasteiger partial charge in [0.1, 0.15) is 5.69 Å². The van der Waals surface area contributed by atoms with Crippen LogP contribution in [0.1, 0.15) is 18.2 Å². The first kappa shape index (κ1) is 14.7. The fraction of sp³-hybridized carbons (Fsp3) is 0.200. The van der Waals surface area contributed by atoms with E-state index in [-0.39, 0.29) is 17.7 Å². The van der Waals surface area contributed by atoms with Crippen LogP contribution in [0.2, 0.25) is 0 Å². The Balaban J connectivity index is 1.76. The van der Waals surface area contributed by atoms with Crippen LogP contribution in [-0.4, -0.2) is 17.9 Å². The zero-order valence-corrected chi connectivity index (χ0v) is 13.4. The molecule has 1 fully saturated rings. The van der Waals surface area contributed by atoms with Gasteiger partial charge in [-0.2, -0.15) is 0 Å². The van der Waals surface area contributed by atoms with Gasteiger partial charge in [-0.25, -0.2) is 4.98 Å². The maximum Gasteiger partial charge on any atom is 0.223 e. The zero-order valence-electron chi connectivity index (χ0n) is 13.4. The van der Waals surface area contributed by atoms with E-state index in [0.29, 0.717) is 5.89 Å². The van der Waals surface area contributed by atoms with Crippen LogP contribution < -0.4 is 5.32 Å². The van der Waals surface area contributed by atoms with Crippen molar-refractivity contribution in [1.29, 1.82) is 0 Å². The van der Waals surface area contributed by atoms with Gasteiger partial charge in [0.05, 0.1) is 5.92 Å². The number of hydrogen-bond donors (Lipinski definition) is 1. The number of oxazole rings is 1. The summed E-state index contributed by atoms with van der Waals surface area (Å²) in [4.78, 5) is 16.5. The summed E-state index contributed by atoms with van der Waals surface area (Å²) in [5.41, 5.74) is 2.84. The first-order chi connectivity index (χ1) is 11.8. The van der Waals surface area contributed by atoms with Crippen LogP contribution >= 0.6 is 0 Å². The summed E-state index contributed by atoms with van der Waals surface area (Å²) < 4.78 is 6.11. The second-order valence-electron chi connectivity index (χ2n) is 6.02. The first-order valence-corrected chi connectivity index (χ1v) is 8.11. The molecule has 0 bridgehead atoms. The molecule has 0 aliphatic heterocycles. The molecule has 1 aliphatic carbocycles. The van der Waals surface area contributed by atoms with E-state index >= 15 is 0 Å². The standard InChI is InChI=1S/C20H18N2O2/c1-21-19(23)15-12-16(15)20-22-17(13-8-4-2-5-9-13)18(24-20)14-10-6-3-7-11-14/h2-11,15-16H,12H2,1H3,(H,21,23)/t15-,16+/m0/s1. The van der Waals surface area contributed by atoms with Gasteiger partial charge in [-0.15, -0.1) is 0 Å². The van der Waals surface area contributed by atoms with Crippen molar-refractivity contribution >= 4 is 5.91 Å². The summed E-state index contributed by atoms with van der Waals surface area (Å²) in [6, 6.07) is 20.0. The predicted molar refractivity (Wildman–Crippen MR) is 92.3 cm³/mol. The second-order valence-corrected chi connectivity index (χ2v) is 6.02. The third kappa shape index (κ3) is 2.60. The lowest BCUT2D eigenvalue weighted by molar-refractivity contribution is -0.121. The Morgan fingerprint density at radius 3 is 2.29 bits per heavy atom. The number of rotatable bonds is 4. The number of nitrogens with zero attached hydrogens (tertiary/aromatic N) is 1. The minimum Gasteiger partial charge on any atom is -0.440 e. The van der Waals surface area contributed by atoms with E-state index in [1.807, 2.05) is 60.7 Å². The number of benzene rings is 2. The van der Waals surface area contributed by atoms with Crippen molar-refractivity contribution in [1.82, 2.24) is 10.3 Å². The van der Waals surface area contributed by atoms with Crippen molar-refractivity contribution in [2.75, 3.05) is 7.05 Å². The summed E-state index contributed by atoms with van der Waals surface area (Å²) in [5, 5.41) is 2.70. The topological polar surface area (TPSA) is 55.1 Å². The highest BCUT2D eigenvalue weighted by atomic mass is 16.4. The fourth-order valence-electron chi connectivity index (χ4n) is 3.02. The third-order valence-electron chi connectivity index (χ3n) is 4.42. The van der Waals surface area contributed by atoms with Crippen LogP contribution in [0, 0.1) is 5.92 Å². The molecule has 120 valence electrons. The molecule has 1 saturated carbocycles. The van der Waals surface area contributed by atoms with Crippen molar-refractivity contribution in [2.24, 2.45) is 5.92 Å². The van der Waals surface area contributed by atoms with Gasteiger partial charge in [-0.1, -0.05) is 60.7 Å². The molecule has 0 spiro atoms. The Hall–Kier alpha value is -2.88. The van der Waals surface area contributed by atoms with Crippen LogP contribution in [0.4, 0.5) is 0 Å². The molecule has 2 aromatic carbocycles. The molecule has 4 heteroatoms. The van der Waals surface area contributed by atoms with Gasteiger partial charge >= 0.3 is 0 Å². The Bertz CT molecular complexity index is 799. The molecule has 1 aliphatic rings. The van der Waals surface area contributed by atoms with E-state index in [1.54, 1.807) is 7.05 Å². The molecule has 24 heavy (non-hydrogen) atoms. The quantitative estimate of drug-likeness (QED) is 0.795. The van der Waals surface area contributed by atoms with Gasteiger partial charge in [0.15, 0.2) is 11.7 Å². The monoisotopic (exact) mass is 318 g/mol. The highest BCUT2D eigenvalue weighted by molar-refractivity contribution is 5.82. The van der Waals surface area contributed by atoms with Crippen molar-refractivity contribution in [3.8, 4) is 22.6 Å². The predicted octanol–water partition coefficient (Wildman–Crippen LogP) is 3.86. The van der Waals surface area contributed by atoms with Crippen LogP contribution in [-0.2, 0) is 4.79 Å². The Labute approximate surface area is 140 Å². The van der Waals surface area contributed by atoms with Gasteiger partial charge in [0, 0.05) is 24.1 Å². The van der Waals surface area contributed by atoms with Crippen molar-refractivity contribution in [3.63, 3.8) is 0 Å². The van der Waals surface area contributed by atoms with E-state index in [1.165, 1.54) is 0 Å². The molecule has 0 radical (unpaired) electrons. The molecule has 1 heterocycles. The molecular formula is C20H18N2O2. The lowest BCUT2D eigenvalue weighted by Crippen LogP contribution is -2.20. The van der Waals surface area contributed by atoms with Crippen LogP contribution in [0.15, 0.2) is 65.1 Å². The van der Waals surface area contributed by atoms with Crippen molar-refractivity contribution in [3.05, 3.63) is 66.6 Å². The number of carbonyl (C=O) groups excluding carboxylic acids is 1. The average molecular weight is 318 g/mol. The van der Waals surface area contributed by atoms with Crippen LogP contribution in [0.25, 0.3) is 22.6 Å². The molecule has 0 saturated heterocycles. The number of amides is 1. The molecular weight excluding hydrogens is 300 g/mol. The third-order valence-corrected chi connectivity index (χ3v) is 4.42. The maximum atomic E-state index is 11.8. The molecule has 4 nitrogen and oxygen atoms in total. The largest absolute Gasteiger partial charge is 0.440 e. The van der Waals surface area contributed by atoms with Gasteiger partial charge in [-0.05, 0) is 6.42 Å². The Morgan fingerprint density at radius 1 is 1.04 bits per heavy atom. The fourth-order valence-corrected chi connectivity index (χ4v) is 3.02. The summed E-state index contributed by atoms with van der Waals surface area (Å²) in [6.45, 7) is 0.